The van der Waals surface area contributed by atoms with Gasteiger partial charge in [0.2, 0.25) is 5.91 Å². The van der Waals surface area contributed by atoms with Gasteiger partial charge in [0.25, 0.3) is 0 Å². The third-order valence-corrected chi connectivity index (χ3v) is 2.94. The average molecular weight is 151 g/mol. The Labute approximate surface area is 66.5 Å². The van der Waals surface area contributed by atoms with Gasteiger partial charge in [-0.2, -0.15) is 0 Å². The lowest BCUT2D eigenvalue weighted by molar-refractivity contribution is -0.124. The SMILES string of the molecule is NC(=O)C1CC2C=CC1CC2. The van der Waals surface area contributed by atoms with Gasteiger partial charge in [0.15, 0.2) is 0 Å². The Balaban J connectivity index is 2.17. The number of amides is 1. The highest BCUT2D eigenvalue weighted by atomic mass is 16.1. The van der Waals surface area contributed by atoms with Gasteiger partial charge in [0.05, 0.1) is 0 Å². The van der Waals surface area contributed by atoms with E-state index in [-0.39, 0.29) is 11.8 Å². The van der Waals surface area contributed by atoms with Crippen LogP contribution < -0.4 is 5.73 Å². The molecular formula is C9H13NO. The Morgan fingerprint density at radius 3 is 2.45 bits per heavy atom. The molecule has 0 aromatic heterocycles. The summed E-state index contributed by atoms with van der Waals surface area (Å²) in [7, 11) is 0. The Morgan fingerprint density at radius 1 is 1.36 bits per heavy atom. The maximum atomic E-state index is 10.9. The molecule has 60 valence electrons. The van der Waals surface area contributed by atoms with E-state index in [2.05, 4.69) is 12.2 Å². The lowest BCUT2D eigenvalue weighted by Gasteiger charge is -2.35. The highest BCUT2D eigenvalue weighted by Gasteiger charge is 2.34. The van der Waals surface area contributed by atoms with E-state index in [1.807, 2.05) is 0 Å². The molecule has 0 aromatic rings. The van der Waals surface area contributed by atoms with Gasteiger partial charge in [0.1, 0.15) is 0 Å². The predicted molar refractivity (Wildman–Crippen MR) is 42.7 cm³/mol. The smallest absolute Gasteiger partial charge is 0.221 e. The van der Waals surface area contributed by atoms with E-state index < -0.39 is 0 Å². The zero-order valence-corrected chi connectivity index (χ0v) is 6.49. The molecule has 0 aliphatic heterocycles. The summed E-state index contributed by atoms with van der Waals surface area (Å²) in [4.78, 5) is 10.9. The second-order valence-electron chi connectivity index (χ2n) is 3.63. The minimum Gasteiger partial charge on any atom is -0.369 e. The summed E-state index contributed by atoms with van der Waals surface area (Å²) in [5.74, 6) is 1.12. The van der Waals surface area contributed by atoms with Crippen molar-refractivity contribution in [3.63, 3.8) is 0 Å². The van der Waals surface area contributed by atoms with Crippen molar-refractivity contribution in [2.45, 2.75) is 19.3 Å². The topological polar surface area (TPSA) is 43.1 Å². The summed E-state index contributed by atoms with van der Waals surface area (Å²) < 4.78 is 0. The maximum Gasteiger partial charge on any atom is 0.221 e. The quantitative estimate of drug-likeness (QED) is 0.560. The standard InChI is InChI=1S/C9H13NO/c10-9(11)8-5-6-1-3-7(8)4-2-6/h1,3,6-8H,2,4-5H2,(H2,10,11). The van der Waals surface area contributed by atoms with Gasteiger partial charge in [0, 0.05) is 5.92 Å². The number of rotatable bonds is 1. The number of carbonyl (C=O) groups is 1. The third-order valence-electron chi connectivity index (χ3n) is 2.94. The summed E-state index contributed by atoms with van der Waals surface area (Å²) in [5, 5.41) is 0. The molecule has 2 nitrogen and oxygen atoms in total. The van der Waals surface area contributed by atoms with Crippen LogP contribution in [0.5, 0.6) is 0 Å². The van der Waals surface area contributed by atoms with Crippen molar-refractivity contribution >= 4 is 5.91 Å². The van der Waals surface area contributed by atoms with Gasteiger partial charge >= 0.3 is 0 Å². The second-order valence-corrected chi connectivity index (χ2v) is 3.63. The molecule has 0 saturated heterocycles. The Bertz CT molecular complexity index is 210. The number of primary amides is 1. The Hall–Kier alpha value is -0.790. The number of hydrogen-bond donors (Lipinski definition) is 1. The van der Waals surface area contributed by atoms with Crippen molar-refractivity contribution in [3.8, 4) is 0 Å². The first kappa shape index (κ1) is 6.89. The van der Waals surface area contributed by atoms with Crippen LogP contribution in [0, 0.1) is 17.8 Å². The monoisotopic (exact) mass is 151 g/mol. The summed E-state index contributed by atoms with van der Waals surface area (Å²) in [5.41, 5.74) is 5.28. The van der Waals surface area contributed by atoms with E-state index in [4.69, 9.17) is 5.73 Å². The molecular weight excluding hydrogens is 138 g/mol. The number of allylic oxidation sites excluding steroid dienone is 2. The summed E-state index contributed by atoms with van der Waals surface area (Å²) in [6.45, 7) is 0. The van der Waals surface area contributed by atoms with Crippen LogP contribution >= 0.6 is 0 Å². The molecule has 0 spiro atoms. The van der Waals surface area contributed by atoms with Crippen molar-refractivity contribution in [3.05, 3.63) is 12.2 Å². The Kier molecular flexibility index (Phi) is 1.48. The van der Waals surface area contributed by atoms with E-state index in [1.54, 1.807) is 0 Å². The fourth-order valence-electron chi connectivity index (χ4n) is 2.26. The van der Waals surface area contributed by atoms with Crippen LogP contribution in [0.3, 0.4) is 0 Å². The molecule has 2 bridgehead atoms. The summed E-state index contributed by atoms with van der Waals surface area (Å²) in [6, 6.07) is 0. The second kappa shape index (κ2) is 2.36. The average Bonchev–Trinajstić information content (AvgIpc) is 2.06. The molecule has 3 rings (SSSR count). The van der Waals surface area contributed by atoms with Gasteiger partial charge < -0.3 is 5.73 Å². The van der Waals surface area contributed by atoms with Crippen LogP contribution in [0.4, 0.5) is 0 Å². The molecule has 3 atom stereocenters. The van der Waals surface area contributed by atoms with Crippen LogP contribution in [0.25, 0.3) is 0 Å². The molecule has 11 heavy (non-hydrogen) atoms. The fraction of sp³-hybridized carbons (Fsp3) is 0.667. The molecule has 3 aliphatic carbocycles. The normalized spacial score (nSPS) is 40.9. The molecule has 1 saturated carbocycles. The van der Waals surface area contributed by atoms with E-state index in [0.717, 1.165) is 12.8 Å². The van der Waals surface area contributed by atoms with Crippen LogP contribution in [0.15, 0.2) is 12.2 Å². The lowest BCUT2D eigenvalue weighted by atomic mass is 9.69. The first-order valence-electron chi connectivity index (χ1n) is 4.25. The molecule has 0 aromatic carbocycles. The van der Waals surface area contributed by atoms with Crippen LogP contribution in [0.1, 0.15) is 19.3 Å². The van der Waals surface area contributed by atoms with E-state index in [0.29, 0.717) is 11.8 Å². The number of hydrogen-bond acceptors (Lipinski definition) is 1. The number of nitrogens with two attached hydrogens (primary N) is 1. The molecule has 1 fully saturated rings. The number of fused-ring (bicyclic) bond motifs is 2. The first-order valence-corrected chi connectivity index (χ1v) is 4.25. The van der Waals surface area contributed by atoms with Gasteiger partial charge in [-0.15, -0.1) is 0 Å². The Morgan fingerprint density at radius 2 is 2.18 bits per heavy atom. The fourth-order valence-corrected chi connectivity index (χ4v) is 2.26. The zero-order valence-electron chi connectivity index (χ0n) is 6.49. The molecule has 1 amide bonds. The third kappa shape index (κ3) is 1.06. The summed E-state index contributed by atoms with van der Waals surface area (Å²) in [6.07, 6.45) is 7.83. The molecule has 3 aliphatic rings. The number of carbonyl (C=O) groups excluding carboxylic acids is 1. The van der Waals surface area contributed by atoms with Gasteiger partial charge in [-0.05, 0) is 31.1 Å². The van der Waals surface area contributed by atoms with Crippen LogP contribution in [-0.2, 0) is 4.79 Å². The van der Waals surface area contributed by atoms with Crippen molar-refractivity contribution in [1.82, 2.24) is 0 Å². The summed E-state index contributed by atoms with van der Waals surface area (Å²) >= 11 is 0. The minimum atomic E-state index is -0.107. The minimum absolute atomic E-state index is 0.107. The van der Waals surface area contributed by atoms with Crippen LogP contribution in [0.2, 0.25) is 0 Å². The molecule has 2 N–H and O–H groups in total. The van der Waals surface area contributed by atoms with E-state index in [1.165, 1.54) is 6.42 Å². The van der Waals surface area contributed by atoms with Crippen molar-refractivity contribution in [1.29, 1.82) is 0 Å². The van der Waals surface area contributed by atoms with E-state index in [9.17, 15) is 4.79 Å². The largest absolute Gasteiger partial charge is 0.369 e. The highest BCUT2D eigenvalue weighted by molar-refractivity contribution is 5.77. The predicted octanol–water partition coefficient (Wildman–Crippen LogP) is 1.07. The first-order chi connectivity index (χ1) is 5.27. The zero-order chi connectivity index (χ0) is 7.84. The van der Waals surface area contributed by atoms with Crippen molar-refractivity contribution in [2.24, 2.45) is 23.5 Å². The van der Waals surface area contributed by atoms with Gasteiger partial charge in [-0.25, -0.2) is 0 Å². The van der Waals surface area contributed by atoms with E-state index >= 15 is 0 Å². The molecule has 3 unspecified atom stereocenters. The lowest BCUT2D eigenvalue weighted by Crippen LogP contribution is -2.36. The van der Waals surface area contributed by atoms with Crippen molar-refractivity contribution in [2.75, 3.05) is 0 Å². The van der Waals surface area contributed by atoms with Crippen LogP contribution in [-0.4, -0.2) is 5.91 Å². The highest BCUT2D eigenvalue weighted by Crippen LogP contribution is 2.39. The van der Waals surface area contributed by atoms with Crippen molar-refractivity contribution < 1.29 is 4.79 Å². The molecule has 2 heteroatoms. The maximum absolute atomic E-state index is 10.9. The molecule has 0 radical (unpaired) electrons. The van der Waals surface area contributed by atoms with Gasteiger partial charge in [-0.3, -0.25) is 4.79 Å². The molecule has 0 heterocycles. The van der Waals surface area contributed by atoms with Gasteiger partial charge in [-0.1, -0.05) is 12.2 Å².